The van der Waals surface area contributed by atoms with Crippen molar-refractivity contribution in [1.29, 1.82) is 0 Å². The number of aromatic hydroxyl groups is 1. The van der Waals surface area contributed by atoms with Crippen molar-refractivity contribution in [3.8, 4) is 5.75 Å². The summed E-state index contributed by atoms with van der Waals surface area (Å²) in [6, 6.07) is 3.63. The van der Waals surface area contributed by atoms with Gasteiger partial charge in [0.15, 0.2) is 0 Å². The molecule has 4 nitrogen and oxygen atoms in total. The largest absolute Gasteiger partial charge is 0.506 e. The smallest absolute Gasteiger partial charge is 0.133 e. The number of hydrogen-bond acceptors (Lipinski definition) is 4. The Morgan fingerprint density at radius 2 is 1.80 bits per heavy atom. The number of nitrogens with zero attached hydrogens (tertiary/aromatic N) is 2. The highest BCUT2D eigenvalue weighted by molar-refractivity contribution is 5.18. The van der Waals surface area contributed by atoms with E-state index in [2.05, 4.69) is 9.88 Å². The second kappa shape index (κ2) is 7.24. The molecule has 1 unspecified atom stereocenters. The molecule has 2 heterocycles. The minimum absolute atomic E-state index is 0.233. The lowest BCUT2D eigenvalue weighted by molar-refractivity contribution is 0.00606. The summed E-state index contributed by atoms with van der Waals surface area (Å²) in [6.45, 7) is 3.30. The fraction of sp³-hybridized carbons (Fsp3) is 0.762. The van der Waals surface area contributed by atoms with Crippen LogP contribution in [-0.2, 0) is 6.42 Å². The van der Waals surface area contributed by atoms with Crippen molar-refractivity contribution in [2.24, 2.45) is 17.8 Å². The molecule has 1 aromatic heterocycles. The van der Waals surface area contributed by atoms with E-state index in [1.807, 2.05) is 6.07 Å². The molecule has 4 rings (SSSR count). The van der Waals surface area contributed by atoms with Gasteiger partial charge in [-0.15, -0.1) is 0 Å². The maximum atomic E-state index is 11.1. The zero-order valence-electron chi connectivity index (χ0n) is 15.2. The molecule has 3 fully saturated rings. The predicted molar refractivity (Wildman–Crippen MR) is 98.4 cm³/mol. The highest BCUT2D eigenvalue weighted by Gasteiger charge is 2.48. The SMILES string of the molecule is Oc1ccc(CCN2C[C@@H]3CC(O)(CC4CCCCC4)C[C@@H]3C2)nc1. The van der Waals surface area contributed by atoms with Gasteiger partial charge in [0.25, 0.3) is 0 Å². The topological polar surface area (TPSA) is 56.6 Å². The predicted octanol–water partition coefficient (Wildman–Crippen LogP) is 3.37. The highest BCUT2D eigenvalue weighted by atomic mass is 16.3. The van der Waals surface area contributed by atoms with Crippen molar-refractivity contribution < 1.29 is 10.2 Å². The van der Waals surface area contributed by atoms with Crippen molar-refractivity contribution >= 4 is 0 Å². The fourth-order valence-electron chi connectivity index (χ4n) is 5.67. The molecular formula is C21H32N2O2. The van der Waals surface area contributed by atoms with E-state index in [0.29, 0.717) is 11.8 Å². The number of aliphatic hydroxyl groups is 1. The normalized spacial score (nSPS) is 33.6. The molecule has 0 aromatic carbocycles. The average molecular weight is 344 g/mol. The molecule has 2 N–H and O–H groups in total. The number of fused-ring (bicyclic) bond motifs is 1. The fourth-order valence-corrected chi connectivity index (χ4v) is 5.67. The van der Waals surface area contributed by atoms with Gasteiger partial charge in [0.2, 0.25) is 0 Å². The van der Waals surface area contributed by atoms with Crippen LogP contribution in [0.25, 0.3) is 0 Å². The van der Waals surface area contributed by atoms with Crippen LogP contribution in [-0.4, -0.2) is 45.3 Å². The van der Waals surface area contributed by atoms with Crippen LogP contribution in [0.3, 0.4) is 0 Å². The van der Waals surface area contributed by atoms with E-state index >= 15 is 0 Å². The molecule has 4 heteroatoms. The maximum absolute atomic E-state index is 11.1. The number of likely N-dealkylation sites (tertiary alicyclic amines) is 1. The summed E-state index contributed by atoms with van der Waals surface area (Å²) in [6.07, 6.45) is 12.4. The van der Waals surface area contributed by atoms with Crippen molar-refractivity contribution in [3.05, 3.63) is 24.0 Å². The van der Waals surface area contributed by atoms with Gasteiger partial charge in [0.05, 0.1) is 11.8 Å². The van der Waals surface area contributed by atoms with Crippen LogP contribution >= 0.6 is 0 Å². The Hall–Kier alpha value is -1.13. The summed E-state index contributed by atoms with van der Waals surface area (Å²) >= 11 is 0. The summed E-state index contributed by atoms with van der Waals surface area (Å²) in [4.78, 5) is 6.83. The lowest BCUT2D eigenvalue weighted by atomic mass is 9.79. The summed E-state index contributed by atoms with van der Waals surface area (Å²) in [5, 5.41) is 20.4. The van der Waals surface area contributed by atoms with Gasteiger partial charge in [0.1, 0.15) is 5.75 Å². The highest BCUT2D eigenvalue weighted by Crippen LogP contribution is 2.47. The first-order valence-corrected chi connectivity index (χ1v) is 10.2. The summed E-state index contributed by atoms with van der Waals surface area (Å²) in [7, 11) is 0. The zero-order valence-corrected chi connectivity index (χ0v) is 15.2. The van der Waals surface area contributed by atoms with E-state index in [-0.39, 0.29) is 11.4 Å². The Balaban J connectivity index is 1.25. The summed E-state index contributed by atoms with van der Waals surface area (Å²) in [5.74, 6) is 2.37. The van der Waals surface area contributed by atoms with Crippen molar-refractivity contribution in [3.63, 3.8) is 0 Å². The second-order valence-corrected chi connectivity index (χ2v) is 8.88. The Bertz CT molecular complexity index is 554. The van der Waals surface area contributed by atoms with Crippen LogP contribution in [0, 0.1) is 17.8 Å². The molecule has 1 saturated heterocycles. The van der Waals surface area contributed by atoms with Crippen LogP contribution in [0.5, 0.6) is 5.75 Å². The molecule has 1 aliphatic heterocycles. The lowest BCUT2D eigenvalue weighted by Crippen LogP contribution is -2.33. The first-order chi connectivity index (χ1) is 12.1. The third-order valence-corrected chi connectivity index (χ3v) is 6.82. The average Bonchev–Trinajstić information content (AvgIpc) is 3.09. The number of rotatable bonds is 5. The Morgan fingerprint density at radius 1 is 1.08 bits per heavy atom. The first-order valence-electron chi connectivity index (χ1n) is 10.2. The molecule has 0 bridgehead atoms. The van der Waals surface area contributed by atoms with Crippen molar-refractivity contribution in [2.45, 2.75) is 63.4 Å². The Morgan fingerprint density at radius 3 is 2.44 bits per heavy atom. The van der Waals surface area contributed by atoms with E-state index in [1.54, 1.807) is 6.07 Å². The molecule has 3 atom stereocenters. The molecule has 25 heavy (non-hydrogen) atoms. The quantitative estimate of drug-likeness (QED) is 0.860. The summed E-state index contributed by atoms with van der Waals surface area (Å²) in [5.41, 5.74) is 0.672. The minimum atomic E-state index is -0.373. The van der Waals surface area contributed by atoms with Crippen LogP contribution < -0.4 is 0 Å². The van der Waals surface area contributed by atoms with Gasteiger partial charge in [0, 0.05) is 31.7 Å². The second-order valence-electron chi connectivity index (χ2n) is 8.88. The van der Waals surface area contributed by atoms with Gasteiger partial charge < -0.3 is 15.1 Å². The number of aromatic nitrogens is 1. The Labute approximate surface area is 151 Å². The van der Waals surface area contributed by atoms with Gasteiger partial charge in [-0.2, -0.15) is 0 Å². The monoisotopic (exact) mass is 344 g/mol. The molecule has 0 radical (unpaired) electrons. The Kier molecular flexibility index (Phi) is 5.01. The third kappa shape index (κ3) is 4.17. The first kappa shape index (κ1) is 17.3. The standard InChI is InChI=1S/C21H32N2O2/c24-20-7-6-19(22-13-20)8-9-23-14-17-11-21(25,12-18(17)15-23)10-16-4-2-1-3-5-16/h6-7,13,16-18,24-25H,1-5,8-12,14-15H2/t17-,18+,21?. The van der Waals surface area contributed by atoms with Crippen LogP contribution in [0.4, 0.5) is 0 Å². The van der Waals surface area contributed by atoms with Gasteiger partial charge in [-0.05, 0) is 49.1 Å². The van der Waals surface area contributed by atoms with Gasteiger partial charge in [-0.25, -0.2) is 0 Å². The van der Waals surface area contributed by atoms with E-state index in [4.69, 9.17) is 0 Å². The molecule has 3 aliphatic rings. The molecule has 138 valence electrons. The zero-order chi connectivity index (χ0) is 17.3. The molecule has 0 spiro atoms. The third-order valence-electron chi connectivity index (χ3n) is 6.82. The number of pyridine rings is 1. The molecule has 0 amide bonds. The van der Waals surface area contributed by atoms with Crippen molar-refractivity contribution in [1.82, 2.24) is 9.88 Å². The van der Waals surface area contributed by atoms with Gasteiger partial charge in [-0.3, -0.25) is 4.98 Å². The lowest BCUT2D eigenvalue weighted by Gasteiger charge is -2.32. The maximum Gasteiger partial charge on any atom is 0.133 e. The van der Waals surface area contributed by atoms with E-state index < -0.39 is 0 Å². The minimum Gasteiger partial charge on any atom is -0.506 e. The van der Waals surface area contributed by atoms with Gasteiger partial charge in [-0.1, -0.05) is 32.1 Å². The molecule has 2 aliphatic carbocycles. The molecule has 2 saturated carbocycles. The van der Waals surface area contributed by atoms with Crippen molar-refractivity contribution in [2.75, 3.05) is 19.6 Å². The van der Waals surface area contributed by atoms with Crippen LogP contribution in [0.2, 0.25) is 0 Å². The van der Waals surface area contributed by atoms with Gasteiger partial charge >= 0.3 is 0 Å². The van der Waals surface area contributed by atoms with Crippen LogP contribution in [0.1, 0.15) is 57.1 Å². The van der Waals surface area contributed by atoms with E-state index in [9.17, 15) is 10.2 Å². The number of hydrogen-bond donors (Lipinski definition) is 2. The van der Waals surface area contributed by atoms with E-state index in [1.165, 1.54) is 38.3 Å². The molecular weight excluding hydrogens is 312 g/mol. The van der Waals surface area contributed by atoms with Crippen LogP contribution in [0.15, 0.2) is 18.3 Å². The molecule has 1 aromatic rings. The van der Waals surface area contributed by atoms with E-state index in [0.717, 1.165) is 56.9 Å². The summed E-state index contributed by atoms with van der Waals surface area (Å²) < 4.78 is 0.